The number of benzene rings is 1. The van der Waals surface area contributed by atoms with E-state index in [-0.39, 0.29) is 6.04 Å². The fraction of sp³-hybridized carbons (Fsp3) is 0.667. The standard InChI is InChI=1S/C18H30N2O/c1-5-21-18-7-6-15(14(4)19)10-17(18)12-20-9-8-16(11-20)13(2)3/h6-7,10,13-14,16H,5,8-9,11-12,19H2,1-4H3. The zero-order chi connectivity index (χ0) is 15.4. The monoisotopic (exact) mass is 290 g/mol. The molecule has 1 aliphatic rings. The topological polar surface area (TPSA) is 38.5 Å². The van der Waals surface area contributed by atoms with Crippen LogP contribution in [-0.2, 0) is 6.54 Å². The summed E-state index contributed by atoms with van der Waals surface area (Å²) < 4.78 is 5.79. The van der Waals surface area contributed by atoms with E-state index >= 15 is 0 Å². The fourth-order valence-electron chi connectivity index (χ4n) is 3.09. The molecule has 0 bridgehead atoms. The first-order valence-corrected chi connectivity index (χ1v) is 8.24. The van der Waals surface area contributed by atoms with E-state index in [1.165, 1.54) is 30.6 Å². The number of rotatable bonds is 6. The number of ether oxygens (including phenoxy) is 1. The summed E-state index contributed by atoms with van der Waals surface area (Å²) in [6, 6.07) is 6.45. The Balaban J connectivity index is 2.12. The van der Waals surface area contributed by atoms with Crippen molar-refractivity contribution in [1.82, 2.24) is 4.90 Å². The van der Waals surface area contributed by atoms with Crippen molar-refractivity contribution in [2.75, 3.05) is 19.7 Å². The first-order chi connectivity index (χ1) is 10.0. The van der Waals surface area contributed by atoms with Crippen molar-refractivity contribution in [2.45, 2.75) is 46.7 Å². The van der Waals surface area contributed by atoms with Crippen LogP contribution in [0.2, 0.25) is 0 Å². The second-order valence-electron chi connectivity index (χ2n) is 6.62. The highest BCUT2D eigenvalue weighted by Crippen LogP contribution is 2.29. The summed E-state index contributed by atoms with van der Waals surface area (Å²) in [7, 11) is 0. The minimum atomic E-state index is 0.0708. The van der Waals surface area contributed by atoms with Gasteiger partial charge in [0, 0.05) is 24.7 Å². The van der Waals surface area contributed by atoms with Gasteiger partial charge in [-0.2, -0.15) is 0 Å². The number of likely N-dealkylation sites (tertiary alicyclic amines) is 1. The molecule has 1 aromatic rings. The third-order valence-electron chi connectivity index (χ3n) is 4.56. The van der Waals surface area contributed by atoms with Crippen LogP contribution in [0.5, 0.6) is 5.75 Å². The summed E-state index contributed by atoms with van der Waals surface area (Å²) in [6.45, 7) is 12.8. The first-order valence-electron chi connectivity index (χ1n) is 8.24. The average molecular weight is 290 g/mol. The number of nitrogens with zero attached hydrogens (tertiary/aromatic N) is 1. The van der Waals surface area contributed by atoms with Crippen LogP contribution >= 0.6 is 0 Å². The summed E-state index contributed by atoms with van der Waals surface area (Å²) in [6.07, 6.45) is 1.31. The molecule has 118 valence electrons. The molecular formula is C18H30N2O. The van der Waals surface area contributed by atoms with Crippen molar-refractivity contribution in [3.05, 3.63) is 29.3 Å². The van der Waals surface area contributed by atoms with Crippen LogP contribution in [0, 0.1) is 11.8 Å². The smallest absolute Gasteiger partial charge is 0.123 e. The number of nitrogens with two attached hydrogens (primary N) is 1. The van der Waals surface area contributed by atoms with Gasteiger partial charge < -0.3 is 10.5 Å². The summed E-state index contributed by atoms with van der Waals surface area (Å²) >= 11 is 0. The third kappa shape index (κ3) is 4.21. The van der Waals surface area contributed by atoms with Crippen molar-refractivity contribution < 1.29 is 4.74 Å². The second-order valence-corrected chi connectivity index (χ2v) is 6.62. The summed E-state index contributed by atoms with van der Waals surface area (Å²) in [5.41, 5.74) is 8.48. The molecule has 3 nitrogen and oxygen atoms in total. The van der Waals surface area contributed by atoms with E-state index in [0.29, 0.717) is 6.61 Å². The maximum atomic E-state index is 6.02. The lowest BCUT2D eigenvalue weighted by Crippen LogP contribution is -2.22. The van der Waals surface area contributed by atoms with Gasteiger partial charge in [-0.25, -0.2) is 0 Å². The lowest BCUT2D eigenvalue weighted by atomic mass is 9.95. The van der Waals surface area contributed by atoms with Gasteiger partial charge in [-0.1, -0.05) is 19.9 Å². The largest absolute Gasteiger partial charge is 0.494 e. The van der Waals surface area contributed by atoms with Crippen molar-refractivity contribution in [3.63, 3.8) is 0 Å². The van der Waals surface area contributed by atoms with Crippen LogP contribution < -0.4 is 10.5 Å². The van der Waals surface area contributed by atoms with Gasteiger partial charge in [0.1, 0.15) is 5.75 Å². The molecule has 0 aliphatic carbocycles. The van der Waals surface area contributed by atoms with Gasteiger partial charge in [0.25, 0.3) is 0 Å². The molecule has 2 rings (SSSR count). The zero-order valence-corrected chi connectivity index (χ0v) is 13.9. The van der Waals surface area contributed by atoms with E-state index in [9.17, 15) is 0 Å². The molecular weight excluding hydrogens is 260 g/mol. The van der Waals surface area contributed by atoms with Crippen LogP contribution in [0.15, 0.2) is 18.2 Å². The highest BCUT2D eigenvalue weighted by atomic mass is 16.5. The summed E-state index contributed by atoms with van der Waals surface area (Å²) in [5, 5.41) is 0. The van der Waals surface area contributed by atoms with Gasteiger partial charge in [-0.15, -0.1) is 0 Å². The summed E-state index contributed by atoms with van der Waals surface area (Å²) in [5.74, 6) is 2.61. The molecule has 0 amide bonds. The SMILES string of the molecule is CCOc1ccc(C(C)N)cc1CN1CCC(C(C)C)C1. The minimum absolute atomic E-state index is 0.0708. The summed E-state index contributed by atoms with van der Waals surface area (Å²) in [4.78, 5) is 2.55. The molecule has 2 unspecified atom stereocenters. The first kappa shape index (κ1) is 16.3. The van der Waals surface area contributed by atoms with Crippen molar-refractivity contribution >= 4 is 0 Å². The van der Waals surface area contributed by atoms with Crippen LogP contribution in [0.1, 0.15) is 51.3 Å². The molecule has 2 N–H and O–H groups in total. The van der Waals surface area contributed by atoms with Gasteiger partial charge in [0.2, 0.25) is 0 Å². The Morgan fingerprint density at radius 1 is 1.33 bits per heavy atom. The molecule has 3 heteroatoms. The van der Waals surface area contributed by atoms with E-state index in [1.807, 2.05) is 13.8 Å². The highest BCUT2D eigenvalue weighted by molar-refractivity contribution is 5.38. The van der Waals surface area contributed by atoms with E-state index in [2.05, 4.69) is 36.9 Å². The maximum Gasteiger partial charge on any atom is 0.123 e. The van der Waals surface area contributed by atoms with Gasteiger partial charge in [0.05, 0.1) is 6.61 Å². The van der Waals surface area contributed by atoms with Gasteiger partial charge in [-0.05, 0) is 56.3 Å². The van der Waals surface area contributed by atoms with Crippen LogP contribution in [0.25, 0.3) is 0 Å². The van der Waals surface area contributed by atoms with E-state index in [4.69, 9.17) is 10.5 Å². The number of hydrogen-bond donors (Lipinski definition) is 1. The quantitative estimate of drug-likeness (QED) is 0.870. The Morgan fingerprint density at radius 2 is 2.10 bits per heavy atom. The predicted octanol–water partition coefficient (Wildman–Crippen LogP) is 3.58. The molecule has 0 aromatic heterocycles. The molecule has 0 spiro atoms. The normalized spacial score (nSPS) is 21.0. The Kier molecular flexibility index (Phi) is 5.65. The molecule has 1 aliphatic heterocycles. The lowest BCUT2D eigenvalue weighted by Gasteiger charge is -2.20. The van der Waals surface area contributed by atoms with Crippen molar-refractivity contribution in [2.24, 2.45) is 17.6 Å². The Morgan fingerprint density at radius 3 is 2.67 bits per heavy atom. The molecule has 21 heavy (non-hydrogen) atoms. The average Bonchev–Trinajstić information content (AvgIpc) is 2.89. The second kappa shape index (κ2) is 7.28. The highest BCUT2D eigenvalue weighted by Gasteiger charge is 2.25. The maximum absolute atomic E-state index is 6.02. The Hall–Kier alpha value is -1.06. The van der Waals surface area contributed by atoms with Crippen molar-refractivity contribution in [1.29, 1.82) is 0 Å². The van der Waals surface area contributed by atoms with Crippen LogP contribution in [0.4, 0.5) is 0 Å². The molecule has 1 heterocycles. The number of hydrogen-bond acceptors (Lipinski definition) is 3. The van der Waals surface area contributed by atoms with Crippen molar-refractivity contribution in [3.8, 4) is 5.75 Å². The Labute approximate surface area is 129 Å². The van der Waals surface area contributed by atoms with Gasteiger partial charge >= 0.3 is 0 Å². The van der Waals surface area contributed by atoms with Gasteiger partial charge in [-0.3, -0.25) is 4.90 Å². The van der Waals surface area contributed by atoms with Crippen LogP contribution in [0.3, 0.4) is 0 Å². The predicted molar refractivity (Wildman–Crippen MR) is 88.4 cm³/mol. The molecule has 1 aromatic carbocycles. The molecule has 0 radical (unpaired) electrons. The Bertz CT molecular complexity index is 457. The van der Waals surface area contributed by atoms with Gasteiger partial charge in [0.15, 0.2) is 0 Å². The molecule has 1 fully saturated rings. The fourth-order valence-corrected chi connectivity index (χ4v) is 3.09. The minimum Gasteiger partial charge on any atom is -0.494 e. The molecule has 1 saturated heterocycles. The zero-order valence-electron chi connectivity index (χ0n) is 13.9. The van der Waals surface area contributed by atoms with E-state index in [0.717, 1.165) is 24.1 Å². The molecule has 2 atom stereocenters. The van der Waals surface area contributed by atoms with E-state index in [1.54, 1.807) is 0 Å². The lowest BCUT2D eigenvalue weighted by molar-refractivity contribution is 0.284. The molecule has 0 saturated carbocycles. The van der Waals surface area contributed by atoms with Crippen LogP contribution in [-0.4, -0.2) is 24.6 Å². The third-order valence-corrected chi connectivity index (χ3v) is 4.56. The van der Waals surface area contributed by atoms with E-state index < -0.39 is 0 Å².